The summed E-state index contributed by atoms with van der Waals surface area (Å²) < 4.78 is 19.0. The van der Waals surface area contributed by atoms with Gasteiger partial charge in [0.2, 0.25) is 0 Å². The second kappa shape index (κ2) is 16.3. The molecule has 6 heteroatoms. The fraction of sp³-hybridized carbons (Fsp3) is 0.258. The van der Waals surface area contributed by atoms with Crippen LogP contribution < -0.4 is 14.4 Å². The van der Waals surface area contributed by atoms with E-state index in [-0.39, 0.29) is 32.8 Å². The summed E-state index contributed by atoms with van der Waals surface area (Å²) >= 11 is 0. The minimum atomic E-state index is -0.717. The molecule has 9 aromatic rings. The molecule has 9 aromatic carbocycles. The van der Waals surface area contributed by atoms with Gasteiger partial charge in [-0.05, 0) is 129 Å². The van der Waals surface area contributed by atoms with Crippen molar-refractivity contribution in [2.75, 3.05) is 4.90 Å². The van der Waals surface area contributed by atoms with Gasteiger partial charge in [-0.15, -0.1) is 0 Å². The van der Waals surface area contributed by atoms with Crippen LogP contribution >= 0.6 is 0 Å². The Morgan fingerprint density at radius 1 is 0.426 bits per heavy atom. The molecule has 0 fully saturated rings. The number of para-hydroxylation sites is 2. The average molecular weight is 898 g/mol. The number of benzene rings is 9. The highest BCUT2D eigenvalue weighted by molar-refractivity contribution is 6.40. The van der Waals surface area contributed by atoms with Gasteiger partial charge in [-0.2, -0.15) is 0 Å². The number of hydrogen-bond acceptors (Lipinski definition) is 6. The Labute approximate surface area is 399 Å². The van der Waals surface area contributed by atoms with Crippen LogP contribution in [-0.4, -0.2) is 11.9 Å². The molecule has 0 atom stereocenters. The molecule has 0 radical (unpaired) electrons. The average Bonchev–Trinajstić information content (AvgIpc) is 3.28. The number of esters is 2. The van der Waals surface area contributed by atoms with Crippen LogP contribution in [0.3, 0.4) is 0 Å². The Bertz CT molecular complexity index is 3210. The van der Waals surface area contributed by atoms with E-state index in [1.165, 1.54) is 11.1 Å². The first-order chi connectivity index (χ1) is 32.3. The topological polar surface area (TPSA) is 65.1 Å². The molecular weight excluding hydrogens is 839 g/mol. The SMILES string of the molecule is CC(C)(C)CC(C)(C)c1ccc(N(c2ccc(C(C)(C)CC(C)(C)C)cc2)c2ccc3c4c(Oc5ccccc5)cc5c6c(cc(Oc7ccccc7)c(c7cccc2c73)c64)C(=O)OC5=O)cc1. The molecule has 0 bridgehead atoms. The minimum Gasteiger partial charge on any atom is -0.457 e. The van der Waals surface area contributed by atoms with E-state index in [9.17, 15) is 9.59 Å². The van der Waals surface area contributed by atoms with Gasteiger partial charge in [0.15, 0.2) is 0 Å². The van der Waals surface area contributed by atoms with Crippen LogP contribution in [0.4, 0.5) is 17.1 Å². The normalized spacial score (nSPS) is 13.4. The van der Waals surface area contributed by atoms with Crippen molar-refractivity contribution in [3.63, 3.8) is 0 Å². The predicted molar refractivity (Wildman–Crippen MR) is 279 cm³/mol. The van der Waals surface area contributed by atoms with Gasteiger partial charge >= 0.3 is 11.9 Å². The van der Waals surface area contributed by atoms with E-state index in [1.54, 1.807) is 12.1 Å². The lowest BCUT2D eigenvalue weighted by Gasteiger charge is -2.34. The van der Waals surface area contributed by atoms with E-state index in [2.05, 4.69) is 153 Å². The number of anilines is 3. The number of carbonyl (C=O) groups excluding carboxylic acids is 2. The van der Waals surface area contributed by atoms with Gasteiger partial charge in [0.25, 0.3) is 0 Å². The maximum atomic E-state index is 13.8. The molecule has 0 aliphatic carbocycles. The third kappa shape index (κ3) is 8.10. The molecular formula is C62H59NO5. The molecule has 1 heterocycles. The summed E-state index contributed by atoms with van der Waals surface area (Å²) in [5.74, 6) is 0.716. The van der Waals surface area contributed by atoms with Crippen LogP contribution in [0.25, 0.3) is 43.1 Å². The molecule has 0 amide bonds. The van der Waals surface area contributed by atoms with Crippen LogP contribution in [0.15, 0.2) is 152 Å². The summed E-state index contributed by atoms with van der Waals surface area (Å²) in [5.41, 5.74) is 6.46. The Balaban J connectivity index is 1.27. The van der Waals surface area contributed by atoms with Crippen molar-refractivity contribution in [3.8, 4) is 23.0 Å². The summed E-state index contributed by atoms with van der Waals surface area (Å²) in [6.45, 7) is 23.2. The molecule has 342 valence electrons. The molecule has 68 heavy (non-hydrogen) atoms. The van der Waals surface area contributed by atoms with Crippen LogP contribution in [0, 0.1) is 10.8 Å². The highest BCUT2D eigenvalue weighted by Crippen LogP contribution is 2.54. The van der Waals surface area contributed by atoms with Crippen molar-refractivity contribution < 1.29 is 23.8 Å². The zero-order valence-corrected chi connectivity index (χ0v) is 40.8. The second-order valence-electron chi connectivity index (χ2n) is 22.4. The lowest BCUT2D eigenvalue weighted by Crippen LogP contribution is -2.25. The number of ether oxygens (including phenoxy) is 3. The quantitative estimate of drug-likeness (QED) is 0.0558. The predicted octanol–water partition coefficient (Wildman–Crippen LogP) is 17.5. The zero-order valence-electron chi connectivity index (χ0n) is 40.8. The van der Waals surface area contributed by atoms with Crippen molar-refractivity contribution in [2.45, 2.75) is 92.9 Å². The standard InChI is InChI=1S/C62H59NO5/c1-59(2,3)36-61(7,8)38-24-28-40(29-25-38)63(41-30-26-39(27-31-41)62(9,10)37-60(4,5)6)49-33-32-46-52-44(49)22-17-23-45(52)54-50(66-42-18-13-11-14-19-42)34-47-53-48(58(65)68-57(47)64)35-51(55(46)56(53)54)67-43-20-15-12-16-21-43/h11-35H,36-37H2,1-10H3. The van der Waals surface area contributed by atoms with Crippen LogP contribution in [0.1, 0.15) is 114 Å². The third-order valence-corrected chi connectivity index (χ3v) is 13.5. The minimum absolute atomic E-state index is 0.0306. The van der Waals surface area contributed by atoms with Gasteiger partial charge in [0.05, 0.1) is 16.8 Å². The van der Waals surface area contributed by atoms with Gasteiger partial charge in [0, 0.05) is 38.3 Å². The smallest absolute Gasteiger partial charge is 0.346 e. The van der Waals surface area contributed by atoms with Gasteiger partial charge in [-0.1, -0.05) is 154 Å². The molecule has 0 N–H and O–H groups in total. The molecule has 0 saturated carbocycles. The molecule has 6 nitrogen and oxygen atoms in total. The molecule has 1 aliphatic heterocycles. The van der Waals surface area contributed by atoms with E-state index in [0.717, 1.165) is 62.2 Å². The number of fused-ring (bicyclic) bond motifs is 2. The van der Waals surface area contributed by atoms with E-state index in [1.807, 2.05) is 60.7 Å². The number of carbonyl (C=O) groups is 2. The Morgan fingerprint density at radius 3 is 1.29 bits per heavy atom. The summed E-state index contributed by atoms with van der Waals surface area (Å²) in [4.78, 5) is 29.9. The maximum Gasteiger partial charge on any atom is 0.346 e. The first-order valence-electron chi connectivity index (χ1n) is 23.7. The molecule has 0 aromatic heterocycles. The van der Waals surface area contributed by atoms with Crippen LogP contribution in [0.2, 0.25) is 0 Å². The number of cyclic esters (lactones) is 2. The van der Waals surface area contributed by atoms with Crippen molar-refractivity contribution in [1.82, 2.24) is 0 Å². The second-order valence-corrected chi connectivity index (χ2v) is 22.4. The van der Waals surface area contributed by atoms with Gasteiger partial charge < -0.3 is 19.1 Å². The monoisotopic (exact) mass is 897 g/mol. The van der Waals surface area contributed by atoms with E-state index >= 15 is 0 Å². The van der Waals surface area contributed by atoms with Crippen molar-refractivity contribution >= 4 is 72.1 Å². The third-order valence-electron chi connectivity index (χ3n) is 13.5. The summed E-state index contributed by atoms with van der Waals surface area (Å²) in [5, 5.41) is 6.60. The van der Waals surface area contributed by atoms with Crippen LogP contribution in [0.5, 0.6) is 23.0 Å². The zero-order chi connectivity index (χ0) is 47.9. The first kappa shape index (κ1) is 44.6. The molecule has 1 aliphatic rings. The Hall–Kier alpha value is -7.18. The summed E-state index contributed by atoms with van der Waals surface area (Å²) in [6, 6.07) is 51.6. The van der Waals surface area contributed by atoms with E-state index < -0.39 is 11.9 Å². The van der Waals surface area contributed by atoms with Crippen molar-refractivity contribution in [3.05, 3.63) is 174 Å². The van der Waals surface area contributed by atoms with Crippen molar-refractivity contribution in [2.24, 2.45) is 10.8 Å². The van der Waals surface area contributed by atoms with Crippen molar-refractivity contribution in [1.29, 1.82) is 0 Å². The lowest BCUT2D eigenvalue weighted by atomic mass is 9.72. The van der Waals surface area contributed by atoms with E-state index in [0.29, 0.717) is 33.8 Å². The van der Waals surface area contributed by atoms with Gasteiger partial charge in [-0.25, -0.2) is 9.59 Å². The highest BCUT2D eigenvalue weighted by atomic mass is 16.6. The fourth-order valence-electron chi connectivity index (χ4n) is 11.4. The van der Waals surface area contributed by atoms with E-state index in [4.69, 9.17) is 14.2 Å². The molecule has 0 unspecified atom stereocenters. The Morgan fingerprint density at radius 2 is 0.853 bits per heavy atom. The molecule has 10 rings (SSSR count). The number of rotatable bonds is 11. The Kier molecular flexibility index (Phi) is 10.7. The maximum absolute atomic E-state index is 13.8. The fourth-order valence-corrected chi connectivity index (χ4v) is 11.4. The first-order valence-corrected chi connectivity index (χ1v) is 23.7. The highest BCUT2D eigenvalue weighted by Gasteiger charge is 2.35. The van der Waals surface area contributed by atoms with Gasteiger partial charge in [0.1, 0.15) is 23.0 Å². The van der Waals surface area contributed by atoms with Crippen LogP contribution in [-0.2, 0) is 15.6 Å². The number of nitrogens with zero attached hydrogens (tertiary/aromatic N) is 1. The molecule has 0 saturated heterocycles. The summed E-state index contributed by atoms with van der Waals surface area (Å²) in [7, 11) is 0. The summed E-state index contributed by atoms with van der Waals surface area (Å²) in [6.07, 6.45) is 2.09. The lowest BCUT2D eigenvalue weighted by molar-refractivity contribution is 0.0390. The number of hydrogen-bond donors (Lipinski definition) is 0. The molecule has 0 spiro atoms. The van der Waals surface area contributed by atoms with Gasteiger partial charge in [-0.3, -0.25) is 0 Å². The largest absolute Gasteiger partial charge is 0.457 e.